The summed E-state index contributed by atoms with van der Waals surface area (Å²) in [5, 5.41) is 21.6. The first kappa shape index (κ1) is 16.5. The lowest BCUT2D eigenvalue weighted by atomic mass is 9.79. The largest absolute Gasteiger partial charge is 0.507 e. The van der Waals surface area contributed by atoms with Crippen molar-refractivity contribution in [2.75, 3.05) is 6.54 Å². The Balaban J connectivity index is 2.20. The van der Waals surface area contributed by atoms with Crippen LogP contribution in [0.25, 0.3) is 5.76 Å². The molecule has 25 heavy (non-hydrogen) atoms. The zero-order valence-corrected chi connectivity index (χ0v) is 12.8. The van der Waals surface area contributed by atoms with E-state index < -0.39 is 40.5 Å². The SMILES string of the molecule is O=C1C(=O)c2ccccc2C(O)=C1[C@@H](C[N+](=O)[O-])c1ccc(F)cc1. The summed E-state index contributed by atoms with van der Waals surface area (Å²) in [7, 11) is 0. The topological polar surface area (TPSA) is 97.5 Å². The van der Waals surface area contributed by atoms with Crippen LogP contribution in [0.2, 0.25) is 0 Å². The summed E-state index contributed by atoms with van der Waals surface area (Å²) in [5.74, 6) is -4.00. The number of rotatable bonds is 4. The summed E-state index contributed by atoms with van der Waals surface area (Å²) in [4.78, 5) is 35.2. The number of carbonyl (C=O) groups is 2. The molecule has 0 heterocycles. The average molecular weight is 341 g/mol. The van der Waals surface area contributed by atoms with Gasteiger partial charge in [0.2, 0.25) is 18.1 Å². The first-order chi connectivity index (χ1) is 11.9. The Hall–Kier alpha value is -3.35. The van der Waals surface area contributed by atoms with Crippen molar-refractivity contribution in [3.8, 4) is 0 Å². The monoisotopic (exact) mass is 341 g/mol. The maximum atomic E-state index is 13.2. The zero-order chi connectivity index (χ0) is 18.1. The molecule has 0 saturated carbocycles. The van der Waals surface area contributed by atoms with Crippen molar-refractivity contribution in [2.45, 2.75) is 5.92 Å². The Morgan fingerprint density at radius 1 is 1.00 bits per heavy atom. The Morgan fingerprint density at radius 2 is 1.60 bits per heavy atom. The smallest absolute Gasteiger partial charge is 0.234 e. The fourth-order valence-corrected chi connectivity index (χ4v) is 2.92. The molecule has 1 aliphatic carbocycles. The van der Waals surface area contributed by atoms with Crippen LogP contribution in [0.1, 0.15) is 27.4 Å². The molecule has 0 aromatic heterocycles. The third-order valence-electron chi connectivity index (χ3n) is 4.09. The molecule has 0 aliphatic heterocycles. The van der Waals surface area contributed by atoms with Crippen molar-refractivity contribution in [1.29, 1.82) is 0 Å². The lowest BCUT2D eigenvalue weighted by molar-refractivity contribution is -0.481. The molecule has 0 spiro atoms. The quantitative estimate of drug-likeness (QED) is 0.524. The maximum absolute atomic E-state index is 13.2. The van der Waals surface area contributed by atoms with Crippen LogP contribution in [-0.2, 0) is 4.79 Å². The van der Waals surface area contributed by atoms with Crippen molar-refractivity contribution >= 4 is 17.3 Å². The molecule has 1 N–H and O–H groups in total. The molecule has 2 aromatic rings. The fraction of sp³-hybridized carbons (Fsp3) is 0.111. The second-order valence-electron chi connectivity index (χ2n) is 5.59. The van der Waals surface area contributed by atoms with Gasteiger partial charge in [0, 0.05) is 16.1 Å². The second kappa shape index (κ2) is 6.27. The number of halogens is 1. The Labute approximate surface area is 141 Å². The summed E-state index contributed by atoms with van der Waals surface area (Å²) >= 11 is 0. The predicted molar refractivity (Wildman–Crippen MR) is 86.3 cm³/mol. The van der Waals surface area contributed by atoms with Crippen LogP contribution in [0.5, 0.6) is 0 Å². The Bertz CT molecular complexity index is 917. The number of hydrogen-bond donors (Lipinski definition) is 1. The van der Waals surface area contributed by atoms with E-state index in [1.54, 1.807) is 12.1 Å². The van der Waals surface area contributed by atoms with Crippen LogP contribution in [0, 0.1) is 15.9 Å². The van der Waals surface area contributed by atoms with E-state index in [-0.39, 0.29) is 22.3 Å². The Morgan fingerprint density at radius 3 is 2.20 bits per heavy atom. The summed E-state index contributed by atoms with van der Waals surface area (Å²) < 4.78 is 13.2. The lowest BCUT2D eigenvalue weighted by Crippen LogP contribution is -2.30. The van der Waals surface area contributed by atoms with Crippen LogP contribution in [0.4, 0.5) is 4.39 Å². The molecule has 1 aliphatic rings. The summed E-state index contributed by atoms with van der Waals surface area (Å²) in [6.07, 6.45) is 0. The van der Waals surface area contributed by atoms with Crippen LogP contribution in [0.3, 0.4) is 0 Å². The molecule has 0 bridgehead atoms. The van der Waals surface area contributed by atoms with Gasteiger partial charge in [-0.05, 0) is 17.7 Å². The molecular formula is C18H12FNO5. The number of nitro groups is 1. The highest BCUT2D eigenvalue weighted by molar-refractivity contribution is 6.52. The number of benzene rings is 2. The molecule has 0 saturated heterocycles. The molecule has 0 radical (unpaired) electrons. The van der Waals surface area contributed by atoms with Crippen molar-refractivity contribution in [1.82, 2.24) is 0 Å². The van der Waals surface area contributed by atoms with Gasteiger partial charge in [0.1, 0.15) is 11.6 Å². The van der Waals surface area contributed by atoms with E-state index in [1.165, 1.54) is 24.3 Å². The number of carbonyl (C=O) groups excluding carboxylic acids is 2. The highest BCUT2D eigenvalue weighted by Gasteiger charge is 2.39. The minimum Gasteiger partial charge on any atom is -0.507 e. The first-order valence-corrected chi connectivity index (χ1v) is 7.39. The minimum atomic E-state index is -1.17. The van der Waals surface area contributed by atoms with Gasteiger partial charge in [0.15, 0.2) is 0 Å². The Kier molecular flexibility index (Phi) is 4.14. The number of hydrogen-bond acceptors (Lipinski definition) is 5. The summed E-state index contributed by atoms with van der Waals surface area (Å²) in [6, 6.07) is 10.8. The van der Waals surface area contributed by atoms with Crippen LogP contribution in [0.15, 0.2) is 54.1 Å². The number of Topliss-reactive ketones (excluding diaryl/α,β-unsaturated/α-hetero) is 2. The fourth-order valence-electron chi connectivity index (χ4n) is 2.92. The van der Waals surface area contributed by atoms with E-state index in [9.17, 15) is 29.2 Å². The van der Waals surface area contributed by atoms with Gasteiger partial charge >= 0.3 is 0 Å². The average Bonchev–Trinajstić information content (AvgIpc) is 2.59. The highest BCUT2D eigenvalue weighted by Crippen LogP contribution is 2.36. The maximum Gasteiger partial charge on any atom is 0.234 e. The molecule has 7 heteroatoms. The summed E-state index contributed by atoms with van der Waals surface area (Å²) in [6.45, 7) is -0.716. The number of aliphatic hydroxyl groups is 1. The van der Waals surface area contributed by atoms with E-state index in [0.29, 0.717) is 0 Å². The van der Waals surface area contributed by atoms with Gasteiger partial charge in [-0.25, -0.2) is 4.39 Å². The van der Waals surface area contributed by atoms with E-state index in [2.05, 4.69) is 0 Å². The van der Waals surface area contributed by atoms with Crippen LogP contribution in [-0.4, -0.2) is 28.1 Å². The van der Waals surface area contributed by atoms with Gasteiger partial charge in [-0.3, -0.25) is 19.7 Å². The predicted octanol–water partition coefficient (Wildman–Crippen LogP) is 2.92. The molecule has 0 fully saturated rings. The molecule has 6 nitrogen and oxygen atoms in total. The van der Waals surface area contributed by atoms with E-state index >= 15 is 0 Å². The second-order valence-corrected chi connectivity index (χ2v) is 5.59. The van der Waals surface area contributed by atoms with E-state index in [4.69, 9.17) is 0 Å². The van der Waals surface area contributed by atoms with Crippen LogP contribution < -0.4 is 0 Å². The van der Waals surface area contributed by atoms with Crippen molar-refractivity contribution in [2.24, 2.45) is 0 Å². The van der Waals surface area contributed by atoms with Gasteiger partial charge in [0.25, 0.3) is 0 Å². The van der Waals surface area contributed by atoms with Crippen LogP contribution >= 0.6 is 0 Å². The molecular weight excluding hydrogens is 329 g/mol. The first-order valence-electron chi connectivity index (χ1n) is 7.39. The number of ketones is 2. The molecule has 3 rings (SSSR count). The zero-order valence-electron chi connectivity index (χ0n) is 12.8. The molecule has 2 aromatic carbocycles. The number of aliphatic hydroxyl groups excluding tert-OH is 1. The van der Waals surface area contributed by atoms with Gasteiger partial charge < -0.3 is 5.11 Å². The highest BCUT2D eigenvalue weighted by atomic mass is 19.1. The van der Waals surface area contributed by atoms with E-state index in [0.717, 1.165) is 12.1 Å². The molecule has 0 unspecified atom stereocenters. The number of nitrogens with zero attached hydrogens (tertiary/aromatic N) is 1. The molecule has 0 amide bonds. The normalized spacial score (nSPS) is 15.1. The standard InChI is InChI=1S/C18H12FNO5/c19-11-7-5-10(6-8-11)14(9-20(24)25)15-16(21)12-3-1-2-4-13(12)17(22)18(15)23/h1-8,14,21H,9H2/t14-/m0/s1. The third kappa shape index (κ3) is 2.91. The van der Waals surface area contributed by atoms with Gasteiger partial charge in [-0.2, -0.15) is 0 Å². The lowest BCUT2D eigenvalue weighted by Gasteiger charge is -2.22. The van der Waals surface area contributed by atoms with Crippen molar-refractivity contribution in [3.63, 3.8) is 0 Å². The number of fused-ring (bicyclic) bond motifs is 1. The van der Waals surface area contributed by atoms with E-state index in [1.807, 2.05) is 0 Å². The third-order valence-corrected chi connectivity index (χ3v) is 4.09. The van der Waals surface area contributed by atoms with Crippen molar-refractivity contribution < 1.29 is 24.0 Å². The van der Waals surface area contributed by atoms with Gasteiger partial charge in [-0.15, -0.1) is 0 Å². The molecule has 1 atom stereocenters. The minimum absolute atomic E-state index is 0.0488. The van der Waals surface area contributed by atoms with Crippen molar-refractivity contribution in [3.05, 3.63) is 86.7 Å². The molecule has 126 valence electrons. The van der Waals surface area contributed by atoms with Gasteiger partial charge in [-0.1, -0.05) is 36.4 Å². The summed E-state index contributed by atoms with van der Waals surface area (Å²) in [5.41, 5.74) is 0.123. The van der Waals surface area contributed by atoms with Gasteiger partial charge in [0.05, 0.1) is 11.5 Å².